The molecule has 0 atom stereocenters. The van der Waals surface area contributed by atoms with Crippen molar-refractivity contribution in [2.75, 3.05) is 0 Å². The highest BCUT2D eigenvalue weighted by Crippen LogP contribution is 2.35. The number of alkyl halides is 3. The van der Waals surface area contributed by atoms with E-state index in [9.17, 15) is 23.1 Å². The molecule has 0 spiro atoms. The number of benzene rings is 1. The Morgan fingerprint density at radius 1 is 1.08 bits per heavy atom. The molecule has 1 aliphatic rings. The Morgan fingerprint density at radius 2 is 1.68 bits per heavy atom. The van der Waals surface area contributed by atoms with Gasteiger partial charge in [0.15, 0.2) is 0 Å². The van der Waals surface area contributed by atoms with E-state index in [1.807, 2.05) is 12.3 Å². The molecule has 4 rings (SSSR count). The van der Waals surface area contributed by atoms with E-state index in [1.54, 1.807) is 18.5 Å². The lowest BCUT2D eigenvalue weighted by molar-refractivity contribution is -0.192. The molecule has 206 valence electrons. The summed E-state index contributed by atoms with van der Waals surface area (Å²) in [6.45, 7) is 3.97. The van der Waals surface area contributed by atoms with E-state index in [0.29, 0.717) is 12.5 Å². The third kappa shape index (κ3) is 8.03. The summed E-state index contributed by atoms with van der Waals surface area (Å²) in [5.41, 5.74) is 2.30. The van der Waals surface area contributed by atoms with Gasteiger partial charge >= 0.3 is 18.1 Å². The van der Waals surface area contributed by atoms with E-state index in [0.717, 1.165) is 36.9 Å². The molecule has 1 aliphatic carbocycles. The highest BCUT2D eigenvalue weighted by Gasteiger charge is 2.38. The van der Waals surface area contributed by atoms with Crippen molar-refractivity contribution >= 4 is 11.9 Å². The number of hydrogen-bond acceptors (Lipinski definition) is 7. The van der Waals surface area contributed by atoms with Crippen LogP contribution in [0.25, 0.3) is 11.3 Å². The molecule has 0 saturated heterocycles. The van der Waals surface area contributed by atoms with Crippen LogP contribution in [0.3, 0.4) is 0 Å². The number of H-pyrrole nitrogens is 1. The molecule has 0 amide bonds. The largest absolute Gasteiger partial charge is 0.490 e. The summed E-state index contributed by atoms with van der Waals surface area (Å²) in [6, 6.07) is 10.4. The average molecular weight is 540 g/mol. The zero-order chi connectivity index (χ0) is 28.1. The molecule has 0 unspecified atom stereocenters. The minimum absolute atomic E-state index is 0.0570. The summed E-state index contributed by atoms with van der Waals surface area (Å²) < 4.78 is 39.3. The predicted octanol–water partition coefficient (Wildman–Crippen LogP) is 3.88. The van der Waals surface area contributed by atoms with Crippen molar-refractivity contribution in [2.24, 2.45) is 0 Å². The van der Waals surface area contributed by atoms with Gasteiger partial charge in [-0.25, -0.2) is 14.7 Å². The number of nitrogens with one attached hydrogen (secondary N) is 1. The van der Waals surface area contributed by atoms with Gasteiger partial charge in [-0.1, -0.05) is 34.6 Å². The zero-order valence-electron chi connectivity index (χ0n) is 20.6. The minimum atomic E-state index is -5.08. The molecule has 3 aromatic rings. The Labute approximate surface area is 215 Å². The van der Waals surface area contributed by atoms with Crippen LogP contribution in [0.15, 0.2) is 36.5 Å². The lowest BCUT2D eigenvalue weighted by Gasteiger charge is -2.28. The van der Waals surface area contributed by atoms with Gasteiger partial charge in [-0.05, 0) is 57.1 Å². The number of hydrogen-bond donors (Lipinski definition) is 4. The second-order valence-corrected chi connectivity index (χ2v) is 9.52. The van der Waals surface area contributed by atoms with E-state index in [4.69, 9.17) is 19.7 Å². The van der Waals surface area contributed by atoms with Crippen molar-refractivity contribution in [3.05, 3.63) is 47.8 Å². The Balaban J connectivity index is 0.000000505. The Bertz CT molecular complexity index is 1230. The lowest BCUT2D eigenvalue weighted by Crippen LogP contribution is -2.26. The number of carbonyl (C=O) groups is 2. The summed E-state index contributed by atoms with van der Waals surface area (Å²) in [5.74, 6) is -3.38. The van der Waals surface area contributed by atoms with Crippen molar-refractivity contribution in [1.82, 2.24) is 25.2 Å². The fraction of sp³-hybridized carbons (Fsp3) is 0.458. The molecule has 0 bridgehead atoms. The Kier molecular flexibility index (Phi) is 8.76. The Hall–Kier alpha value is -3.94. The zero-order valence-corrected chi connectivity index (χ0v) is 20.6. The summed E-state index contributed by atoms with van der Waals surface area (Å²) in [5, 5.41) is 40.4. The molecular formula is C24H28F3N5O6. The van der Waals surface area contributed by atoms with E-state index < -0.39 is 23.7 Å². The molecule has 0 radical (unpaired) electrons. The number of ether oxygens (including phenoxy) is 1. The number of aromatic carboxylic acids is 1. The average Bonchev–Trinajstić information content (AvgIpc) is 3.48. The highest BCUT2D eigenvalue weighted by atomic mass is 19.4. The van der Waals surface area contributed by atoms with Crippen LogP contribution in [-0.2, 0) is 11.3 Å². The van der Waals surface area contributed by atoms with Crippen LogP contribution < -0.4 is 4.74 Å². The maximum Gasteiger partial charge on any atom is 0.490 e. The summed E-state index contributed by atoms with van der Waals surface area (Å²) >= 11 is 0. The molecule has 4 N–H and O–H groups in total. The number of aliphatic hydroxyl groups is 1. The quantitative estimate of drug-likeness (QED) is 0.349. The molecular weight excluding hydrogens is 511 g/mol. The van der Waals surface area contributed by atoms with Gasteiger partial charge in [-0.3, -0.25) is 4.68 Å². The van der Waals surface area contributed by atoms with Crippen LogP contribution in [0, 0.1) is 0 Å². The summed E-state index contributed by atoms with van der Waals surface area (Å²) in [4.78, 5) is 20.0. The number of aromatic amines is 1. The minimum Gasteiger partial charge on any atom is -0.476 e. The van der Waals surface area contributed by atoms with Crippen LogP contribution in [0.2, 0.25) is 0 Å². The molecule has 0 aliphatic heterocycles. The number of halogens is 3. The first-order chi connectivity index (χ1) is 17.7. The van der Waals surface area contributed by atoms with Gasteiger partial charge < -0.3 is 20.1 Å². The predicted molar refractivity (Wildman–Crippen MR) is 127 cm³/mol. The van der Waals surface area contributed by atoms with Gasteiger partial charge in [0.1, 0.15) is 6.10 Å². The highest BCUT2D eigenvalue weighted by molar-refractivity contribution is 5.87. The normalized spacial score (nSPS) is 17.8. The van der Waals surface area contributed by atoms with Gasteiger partial charge in [0.2, 0.25) is 5.69 Å². The van der Waals surface area contributed by atoms with Crippen molar-refractivity contribution in [1.29, 1.82) is 0 Å². The van der Waals surface area contributed by atoms with E-state index in [-0.39, 0.29) is 17.7 Å². The SMILES string of the molecule is CC(C)(O)Cn1ccc(-c2ccc([C@H]3CC[C@H](Oc4nn[nH]c4C(=O)O)CC3)cc2)n1.O=C(O)C(F)(F)F. The number of carboxylic acid groups (broad SMARTS) is 2. The monoisotopic (exact) mass is 539 g/mol. The standard InChI is InChI=1S/C22H27N5O4.C2HF3O2/c1-22(2,30)13-27-12-11-18(25-27)16-5-3-14(4-6-16)15-7-9-17(10-8-15)31-20-19(21(28)29)23-26-24-20;3-2(4,5)1(6)7/h3-6,11-12,15,17,30H,7-10,13H2,1-2H3,(H,28,29)(H,23,24,26);(H,6,7)/t15-,17-;. The third-order valence-corrected chi connectivity index (χ3v) is 5.79. The molecule has 2 aromatic heterocycles. The molecule has 11 nitrogen and oxygen atoms in total. The molecule has 1 fully saturated rings. The van der Waals surface area contributed by atoms with Gasteiger partial charge in [0.05, 0.1) is 17.8 Å². The van der Waals surface area contributed by atoms with Gasteiger partial charge in [0, 0.05) is 11.8 Å². The number of aromatic nitrogens is 5. The second-order valence-electron chi connectivity index (χ2n) is 9.52. The third-order valence-electron chi connectivity index (χ3n) is 5.79. The van der Waals surface area contributed by atoms with Crippen LogP contribution >= 0.6 is 0 Å². The first kappa shape index (κ1) is 28.6. The topological polar surface area (TPSA) is 163 Å². The van der Waals surface area contributed by atoms with Gasteiger partial charge in [-0.2, -0.15) is 18.3 Å². The summed E-state index contributed by atoms with van der Waals surface area (Å²) in [7, 11) is 0. The second kappa shape index (κ2) is 11.6. The fourth-order valence-electron chi connectivity index (χ4n) is 4.04. The molecule has 2 heterocycles. The van der Waals surface area contributed by atoms with Crippen molar-refractivity contribution < 1.29 is 42.8 Å². The summed E-state index contributed by atoms with van der Waals surface area (Å²) in [6.07, 6.45) is 0.333. The smallest absolute Gasteiger partial charge is 0.476 e. The van der Waals surface area contributed by atoms with Crippen LogP contribution in [0.4, 0.5) is 13.2 Å². The lowest BCUT2D eigenvalue weighted by atomic mass is 9.82. The number of aliphatic carboxylic acids is 1. The van der Waals surface area contributed by atoms with Crippen LogP contribution in [-0.4, -0.2) is 70.3 Å². The maximum absolute atomic E-state index is 11.1. The van der Waals surface area contributed by atoms with Crippen molar-refractivity contribution in [3.8, 4) is 17.1 Å². The molecule has 1 aromatic carbocycles. The van der Waals surface area contributed by atoms with Crippen molar-refractivity contribution in [2.45, 2.75) is 69.9 Å². The first-order valence-electron chi connectivity index (χ1n) is 11.7. The van der Waals surface area contributed by atoms with Crippen LogP contribution in [0.1, 0.15) is 61.5 Å². The van der Waals surface area contributed by atoms with Gasteiger partial charge in [0.25, 0.3) is 5.88 Å². The first-order valence-corrected chi connectivity index (χ1v) is 11.7. The number of carboxylic acids is 2. The van der Waals surface area contributed by atoms with E-state index in [2.05, 4.69) is 44.8 Å². The molecule has 38 heavy (non-hydrogen) atoms. The fourth-order valence-corrected chi connectivity index (χ4v) is 4.04. The molecule has 14 heteroatoms. The van der Waals surface area contributed by atoms with Gasteiger partial charge in [-0.15, -0.1) is 0 Å². The number of rotatable bonds is 7. The molecule has 1 saturated carbocycles. The van der Waals surface area contributed by atoms with E-state index >= 15 is 0 Å². The van der Waals surface area contributed by atoms with Crippen molar-refractivity contribution in [3.63, 3.8) is 0 Å². The Morgan fingerprint density at radius 3 is 2.21 bits per heavy atom. The maximum atomic E-state index is 11.1. The van der Waals surface area contributed by atoms with Crippen LogP contribution in [0.5, 0.6) is 5.88 Å². The number of nitrogens with zero attached hydrogens (tertiary/aromatic N) is 4. The van der Waals surface area contributed by atoms with E-state index in [1.165, 1.54) is 5.56 Å².